The molecule has 12 nitrogen and oxygen atoms in total. The van der Waals surface area contributed by atoms with Crippen molar-refractivity contribution in [3.8, 4) is 16.2 Å². The van der Waals surface area contributed by atoms with E-state index in [4.69, 9.17) is 30.5 Å². The third-order valence-electron chi connectivity index (χ3n) is 8.25. The van der Waals surface area contributed by atoms with E-state index in [0.29, 0.717) is 44.7 Å². The highest BCUT2D eigenvalue weighted by molar-refractivity contribution is 7.13. The van der Waals surface area contributed by atoms with Gasteiger partial charge in [-0.1, -0.05) is 45.7 Å². The quantitative estimate of drug-likeness (QED) is 0.118. The van der Waals surface area contributed by atoms with Gasteiger partial charge in [0.25, 0.3) is 0 Å². The fraction of sp³-hybridized carbons (Fsp3) is 0.667. The van der Waals surface area contributed by atoms with Gasteiger partial charge >= 0.3 is 0 Å². The molecule has 1 aromatic heterocycles. The van der Waals surface area contributed by atoms with Crippen molar-refractivity contribution < 1.29 is 38.4 Å². The van der Waals surface area contributed by atoms with Crippen LogP contribution in [0.2, 0.25) is 0 Å². The lowest BCUT2D eigenvalue weighted by Crippen LogP contribution is -2.57. The lowest BCUT2D eigenvalue weighted by atomic mass is 9.85. The maximum atomic E-state index is 13.6. The van der Waals surface area contributed by atoms with Crippen molar-refractivity contribution in [2.45, 2.75) is 91.5 Å². The van der Waals surface area contributed by atoms with Gasteiger partial charge in [-0.05, 0) is 36.8 Å². The highest BCUT2D eigenvalue weighted by Gasteiger charge is 2.44. The number of halogens is 1. The van der Waals surface area contributed by atoms with Gasteiger partial charge in [-0.3, -0.25) is 14.4 Å². The standard InChI is InChI=1S/C36H55ClN4O8S/c1-25-32(50-24-39-25)27-10-11-28(31(20-27)49-19-18-48-17-16-47-15-14-46-13-9-7-6-8-12-37)22-38-34(44)30-21-29(43)23-41(30)35(45)33(36(3,4)5)40-26(2)42/h10-11,20,24,29-30,33,43H,6-9,12-19,21-23H2,1-5H3,(H,38,44)(H,40,42). The van der Waals surface area contributed by atoms with E-state index >= 15 is 0 Å². The number of aliphatic hydroxyl groups excluding tert-OH is 1. The van der Waals surface area contributed by atoms with E-state index in [9.17, 15) is 19.5 Å². The first kappa shape index (κ1) is 41.6. The Kier molecular flexibility index (Phi) is 17.9. The van der Waals surface area contributed by atoms with E-state index in [1.165, 1.54) is 23.2 Å². The molecule has 1 aromatic carbocycles. The molecule has 0 radical (unpaired) electrons. The summed E-state index contributed by atoms with van der Waals surface area (Å²) in [6.07, 6.45) is 3.59. The van der Waals surface area contributed by atoms with Crippen LogP contribution in [0.15, 0.2) is 23.7 Å². The second-order valence-electron chi connectivity index (χ2n) is 13.5. The SMILES string of the molecule is CC(=O)NC(C(=O)N1CC(O)CC1C(=O)NCc1ccc(-c2scnc2C)cc1OCCOCCOCCOCCCCCCCl)C(C)(C)C. The highest BCUT2D eigenvalue weighted by atomic mass is 35.5. The number of benzene rings is 1. The van der Waals surface area contributed by atoms with Gasteiger partial charge in [0, 0.05) is 44.5 Å². The molecule has 0 bridgehead atoms. The van der Waals surface area contributed by atoms with Crippen LogP contribution in [0.4, 0.5) is 0 Å². The molecular weight excluding hydrogens is 684 g/mol. The summed E-state index contributed by atoms with van der Waals surface area (Å²) < 4.78 is 23.0. The minimum Gasteiger partial charge on any atom is -0.491 e. The van der Waals surface area contributed by atoms with Crippen LogP contribution in [0.25, 0.3) is 10.4 Å². The number of unbranched alkanes of at least 4 members (excludes halogenated alkanes) is 3. The van der Waals surface area contributed by atoms with Gasteiger partial charge in [-0.2, -0.15) is 0 Å². The summed E-state index contributed by atoms with van der Waals surface area (Å²) in [5.74, 6) is 0.164. The zero-order chi connectivity index (χ0) is 36.5. The third-order valence-corrected chi connectivity index (χ3v) is 9.50. The Hall–Kier alpha value is -2.81. The number of carbonyl (C=O) groups excluding carboxylic acids is 3. The first-order valence-electron chi connectivity index (χ1n) is 17.4. The number of ether oxygens (including phenoxy) is 4. The fourth-order valence-corrected chi connectivity index (χ4v) is 6.58. The number of thiazole rings is 1. The summed E-state index contributed by atoms with van der Waals surface area (Å²) in [5.41, 5.74) is 3.80. The molecule has 3 rings (SSSR count). The number of alkyl halides is 1. The molecule has 0 aliphatic carbocycles. The summed E-state index contributed by atoms with van der Waals surface area (Å²) >= 11 is 7.23. The zero-order valence-electron chi connectivity index (χ0n) is 30.1. The monoisotopic (exact) mass is 738 g/mol. The van der Waals surface area contributed by atoms with Gasteiger partial charge in [-0.15, -0.1) is 22.9 Å². The molecule has 0 saturated carbocycles. The van der Waals surface area contributed by atoms with Crippen LogP contribution in [-0.2, 0) is 35.1 Å². The number of aliphatic hydroxyl groups is 1. The molecule has 3 amide bonds. The Balaban J connectivity index is 1.53. The number of nitrogens with zero attached hydrogens (tertiary/aromatic N) is 2. The van der Waals surface area contributed by atoms with Crippen molar-refractivity contribution in [3.63, 3.8) is 0 Å². The molecule has 3 N–H and O–H groups in total. The lowest BCUT2D eigenvalue weighted by Gasteiger charge is -2.35. The number of likely N-dealkylation sites (tertiary alicyclic amines) is 1. The van der Waals surface area contributed by atoms with Gasteiger partial charge < -0.3 is 39.6 Å². The van der Waals surface area contributed by atoms with Crippen LogP contribution in [-0.4, -0.2) is 110 Å². The van der Waals surface area contributed by atoms with Crippen molar-refractivity contribution in [1.82, 2.24) is 20.5 Å². The summed E-state index contributed by atoms with van der Waals surface area (Å²) in [6.45, 7) is 12.3. The number of nitrogens with one attached hydrogen (secondary N) is 2. The second-order valence-corrected chi connectivity index (χ2v) is 14.7. The van der Waals surface area contributed by atoms with Gasteiger partial charge in [0.05, 0.1) is 55.2 Å². The number of rotatable bonds is 22. The first-order valence-corrected chi connectivity index (χ1v) is 18.8. The van der Waals surface area contributed by atoms with E-state index in [2.05, 4.69) is 15.6 Å². The molecular formula is C36H55ClN4O8S. The number of aryl methyl sites for hydroxylation is 1. The molecule has 3 atom stereocenters. The van der Waals surface area contributed by atoms with Crippen LogP contribution in [0.3, 0.4) is 0 Å². The van der Waals surface area contributed by atoms with Gasteiger partial charge in [0.1, 0.15) is 24.4 Å². The summed E-state index contributed by atoms with van der Waals surface area (Å²) in [7, 11) is 0. The summed E-state index contributed by atoms with van der Waals surface area (Å²) in [6, 6.07) is 4.06. The van der Waals surface area contributed by atoms with Crippen LogP contribution in [0.5, 0.6) is 5.75 Å². The molecule has 14 heteroatoms. The van der Waals surface area contributed by atoms with Crippen molar-refractivity contribution in [2.24, 2.45) is 5.41 Å². The average molecular weight is 739 g/mol. The fourth-order valence-electron chi connectivity index (χ4n) is 5.58. The average Bonchev–Trinajstić information content (AvgIpc) is 3.68. The van der Waals surface area contributed by atoms with E-state index in [-0.39, 0.29) is 32.0 Å². The second kappa shape index (κ2) is 21.5. The Bertz CT molecular complexity index is 1350. The molecule has 1 saturated heterocycles. The minimum absolute atomic E-state index is 0.00888. The van der Waals surface area contributed by atoms with Gasteiger partial charge in [0.2, 0.25) is 17.7 Å². The number of hydrogen-bond donors (Lipinski definition) is 3. The van der Waals surface area contributed by atoms with Crippen LogP contribution >= 0.6 is 22.9 Å². The van der Waals surface area contributed by atoms with E-state index in [1.807, 2.05) is 45.9 Å². The number of carbonyl (C=O) groups is 3. The van der Waals surface area contributed by atoms with Gasteiger partial charge in [0.15, 0.2) is 0 Å². The van der Waals surface area contributed by atoms with Crippen molar-refractivity contribution in [2.75, 3.05) is 58.7 Å². The van der Waals surface area contributed by atoms with Crippen LogP contribution in [0, 0.1) is 12.3 Å². The number of β-amino-alcohol motifs (C(OH)–C–C–N with tert-alkyl or cyclic N) is 1. The normalized spacial score (nSPS) is 16.7. The smallest absolute Gasteiger partial charge is 0.246 e. The topological polar surface area (TPSA) is 149 Å². The third kappa shape index (κ3) is 13.7. The zero-order valence-corrected chi connectivity index (χ0v) is 31.7. The number of aromatic nitrogens is 1. The molecule has 50 heavy (non-hydrogen) atoms. The van der Waals surface area contributed by atoms with Crippen LogP contribution < -0.4 is 15.4 Å². The molecule has 1 aliphatic heterocycles. The summed E-state index contributed by atoms with van der Waals surface area (Å²) in [5, 5.41) is 16.1. The Morgan fingerprint density at radius 3 is 2.30 bits per heavy atom. The minimum atomic E-state index is -0.881. The van der Waals surface area contributed by atoms with Crippen molar-refractivity contribution in [1.29, 1.82) is 0 Å². The molecule has 3 unspecified atom stereocenters. The van der Waals surface area contributed by atoms with Crippen LogP contribution in [0.1, 0.15) is 71.1 Å². The van der Waals surface area contributed by atoms with E-state index in [0.717, 1.165) is 54.0 Å². The molecule has 1 aliphatic rings. The largest absolute Gasteiger partial charge is 0.491 e. The van der Waals surface area contributed by atoms with Gasteiger partial charge in [-0.25, -0.2) is 4.98 Å². The molecule has 280 valence electrons. The molecule has 0 spiro atoms. The highest BCUT2D eigenvalue weighted by Crippen LogP contribution is 2.32. The van der Waals surface area contributed by atoms with E-state index < -0.39 is 35.4 Å². The predicted octanol–water partition coefficient (Wildman–Crippen LogP) is 4.48. The Labute approximate surface area is 305 Å². The Morgan fingerprint density at radius 1 is 1.02 bits per heavy atom. The summed E-state index contributed by atoms with van der Waals surface area (Å²) in [4.78, 5) is 45.7. The van der Waals surface area contributed by atoms with E-state index in [1.54, 1.807) is 5.51 Å². The maximum Gasteiger partial charge on any atom is 0.246 e. The maximum absolute atomic E-state index is 13.6. The van der Waals surface area contributed by atoms with Crippen molar-refractivity contribution >= 4 is 40.7 Å². The first-order chi connectivity index (χ1) is 23.9. The lowest BCUT2D eigenvalue weighted by molar-refractivity contribution is -0.143. The molecule has 2 aromatic rings. The Morgan fingerprint density at radius 2 is 1.68 bits per heavy atom. The number of hydrogen-bond acceptors (Lipinski definition) is 10. The number of amides is 3. The molecule has 1 fully saturated rings. The predicted molar refractivity (Wildman–Crippen MR) is 194 cm³/mol. The van der Waals surface area contributed by atoms with Crippen molar-refractivity contribution in [3.05, 3.63) is 35.0 Å². The molecule has 2 heterocycles.